The highest BCUT2D eigenvalue weighted by molar-refractivity contribution is 6.05. The number of benzene rings is 2. The van der Waals surface area contributed by atoms with Gasteiger partial charge < -0.3 is 25.6 Å². The fourth-order valence-electron chi connectivity index (χ4n) is 3.87. The van der Waals surface area contributed by atoms with Crippen molar-refractivity contribution in [2.75, 3.05) is 36.6 Å². The zero-order valence-electron chi connectivity index (χ0n) is 24.0. The largest absolute Gasteiger partial charge is 0.444 e. The Balaban J connectivity index is 1.70. The SMILES string of the molecule is CN(C)CCCC(NC(=O)Nc1cccc(F)c1)c1ccc(C(=O)Nc2ccccc2NC(=O)OC(C)(C)C)nc1. The standard InChI is InChI=1S/C30H37FN6O4/c1-30(2,3)41-29(40)36-25-13-7-6-12-24(25)34-27(38)26-16-15-20(19-32-26)23(14-9-17-37(4)5)35-28(39)33-22-11-8-10-21(31)18-22/h6-8,10-13,15-16,18-19,23H,9,14,17H2,1-5H3,(H,34,38)(H,36,40)(H2,33,35,39). The molecule has 2 aromatic carbocycles. The lowest BCUT2D eigenvalue weighted by molar-refractivity contribution is 0.0635. The number of para-hydroxylation sites is 2. The first kappa shape index (κ1) is 31.0. The fraction of sp³-hybridized carbons (Fsp3) is 0.333. The van der Waals surface area contributed by atoms with Crippen molar-refractivity contribution in [3.8, 4) is 0 Å². The Bertz CT molecular complexity index is 1340. The summed E-state index contributed by atoms with van der Waals surface area (Å²) in [4.78, 5) is 44.3. The van der Waals surface area contributed by atoms with Crippen molar-refractivity contribution in [2.45, 2.75) is 45.3 Å². The number of halogens is 1. The van der Waals surface area contributed by atoms with E-state index in [0.29, 0.717) is 29.0 Å². The Kier molecular flexibility index (Phi) is 10.8. The maximum atomic E-state index is 13.5. The molecule has 10 nitrogen and oxygen atoms in total. The first-order chi connectivity index (χ1) is 19.4. The lowest BCUT2D eigenvalue weighted by Crippen LogP contribution is -2.33. The Morgan fingerprint density at radius 3 is 2.27 bits per heavy atom. The van der Waals surface area contributed by atoms with E-state index in [9.17, 15) is 18.8 Å². The van der Waals surface area contributed by atoms with Crippen LogP contribution in [0.2, 0.25) is 0 Å². The van der Waals surface area contributed by atoms with E-state index in [1.54, 1.807) is 69.4 Å². The molecule has 1 heterocycles. The van der Waals surface area contributed by atoms with Gasteiger partial charge in [0.25, 0.3) is 5.91 Å². The van der Waals surface area contributed by atoms with Gasteiger partial charge in [-0.3, -0.25) is 15.1 Å². The quantitative estimate of drug-likeness (QED) is 0.239. The normalized spacial score (nSPS) is 11.9. The summed E-state index contributed by atoms with van der Waals surface area (Å²) in [6, 6.07) is 14.8. The third-order valence-corrected chi connectivity index (χ3v) is 5.72. The third-order valence-electron chi connectivity index (χ3n) is 5.72. The van der Waals surface area contributed by atoms with Crippen molar-refractivity contribution in [3.63, 3.8) is 0 Å². The maximum absolute atomic E-state index is 13.5. The summed E-state index contributed by atoms with van der Waals surface area (Å²) in [5.74, 6) is -0.928. The van der Waals surface area contributed by atoms with Crippen LogP contribution in [0.1, 0.15) is 55.7 Å². The molecule has 4 N–H and O–H groups in total. The van der Waals surface area contributed by atoms with Crippen LogP contribution in [0.5, 0.6) is 0 Å². The zero-order chi connectivity index (χ0) is 30.0. The van der Waals surface area contributed by atoms with Crippen molar-refractivity contribution < 1.29 is 23.5 Å². The van der Waals surface area contributed by atoms with Crippen LogP contribution in [0, 0.1) is 5.82 Å². The molecule has 4 amide bonds. The number of pyridine rings is 1. The molecule has 1 aromatic heterocycles. The summed E-state index contributed by atoms with van der Waals surface area (Å²) in [7, 11) is 3.93. The average molecular weight is 565 g/mol. The van der Waals surface area contributed by atoms with Gasteiger partial charge in [0.15, 0.2) is 0 Å². The molecule has 0 saturated carbocycles. The highest BCUT2D eigenvalue weighted by Crippen LogP contribution is 2.24. The lowest BCUT2D eigenvalue weighted by Gasteiger charge is -2.21. The van der Waals surface area contributed by atoms with E-state index in [4.69, 9.17) is 4.74 Å². The van der Waals surface area contributed by atoms with Crippen LogP contribution >= 0.6 is 0 Å². The third kappa shape index (κ3) is 10.5. The number of ether oxygens (including phenoxy) is 1. The van der Waals surface area contributed by atoms with Gasteiger partial charge in [0.1, 0.15) is 17.1 Å². The van der Waals surface area contributed by atoms with Crippen molar-refractivity contribution in [1.29, 1.82) is 0 Å². The lowest BCUT2D eigenvalue weighted by atomic mass is 10.0. The molecule has 11 heteroatoms. The minimum atomic E-state index is -0.673. The number of aromatic nitrogens is 1. The number of amides is 4. The van der Waals surface area contributed by atoms with E-state index in [-0.39, 0.29) is 5.69 Å². The monoisotopic (exact) mass is 564 g/mol. The van der Waals surface area contributed by atoms with Gasteiger partial charge in [0, 0.05) is 11.9 Å². The Hall–Kier alpha value is -4.51. The van der Waals surface area contributed by atoms with E-state index in [1.165, 1.54) is 18.2 Å². The molecule has 0 spiro atoms. The number of hydrogen-bond donors (Lipinski definition) is 4. The zero-order valence-corrected chi connectivity index (χ0v) is 24.0. The van der Waals surface area contributed by atoms with E-state index >= 15 is 0 Å². The van der Waals surface area contributed by atoms with Crippen LogP contribution in [0.3, 0.4) is 0 Å². The minimum absolute atomic E-state index is 0.150. The number of rotatable bonds is 10. The number of hydrogen-bond acceptors (Lipinski definition) is 6. The fourth-order valence-corrected chi connectivity index (χ4v) is 3.87. The summed E-state index contributed by atoms with van der Waals surface area (Å²) in [6.07, 6.45) is 2.31. The second kappa shape index (κ2) is 14.2. The number of urea groups is 1. The summed E-state index contributed by atoms with van der Waals surface area (Å²) in [5, 5.41) is 11.0. The smallest absolute Gasteiger partial charge is 0.412 e. The number of nitrogens with one attached hydrogen (secondary N) is 4. The highest BCUT2D eigenvalue weighted by atomic mass is 19.1. The van der Waals surface area contributed by atoms with Crippen LogP contribution in [-0.2, 0) is 4.74 Å². The van der Waals surface area contributed by atoms with E-state index in [0.717, 1.165) is 13.0 Å². The van der Waals surface area contributed by atoms with Crippen LogP contribution in [-0.4, -0.2) is 54.2 Å². The van der Waals surface area contributed by atoms with E-state index in [1.807, 2.05) is 19.0 Å². The molecule has 3 rings (SSSR count). The maximum Gasteiger partial charge on any atom is 0.412 e. The van der Waals surface area contributed by atoms with Gasteiger partial charge in [-0.15, -0.1) is 0 Å². The van der Waals surface area contributed by atoms with Crippen molar-refractivity contribution in [1.82, 2.24) is 15.2 Å². The van der Waals surface area contributed by atoms with Crippen molar-refractivity contribution >= 4 is 35.1 Å². The van der Waals surface area contributed by atoms with Gasteiger partial charge in [-0.1, -0.05) is 24.3 Å². The molecule has 0 radical (unpaired) electrons. The van der Waals surface area contributed by atoms with Crippen LogP contribution in [0.15, 0.2) is 66.9 Å². The van der Waals surface area contributed by atoms with Crippen LogP contribution < -0.4 is 21.3 Å². The molecule has 41 heavy (non-hydrogen) atoms. The molecule has 0 fully saturated rings. The predicted octanol–water partition coefficient (Wildman–Crippen LogP) is 6.02. The Labute approximate surface area is 239 Å². The molecule has 0 aliphatic heterocycles. The van der Waals surface area contributed by atoms with Gasteiger partial charge in [-0.2, -0.15) is 0 Å². The molecule has 218 valence electrons. The van der Waals surface area contributed by atoms with Gasteiger partial charge in [0.2, 0.25) is 0 Å². The van der Waals surface area contributed by atoms with Crippen molar-refractivity contribution in [3.05, 3.63) is 83.9 Å². The van der Waals surface area contributed by atoms with Gasteiger partial charge in [0.05, 0.1) is 17.4 Å². The van der Waals surface area contributed by atoms with E-state index < -0.39 is 35.5 Å². The van der Waals surface area contributed by atoms with Gasteiger partial charge >= 0.3 is 12.1 Å². The van der Waals surface area contributed by atoms with Crippen LogP contribution in [0.25, 0.3) is 0 Å². The molecular formula is C30H37FN6O4. The van der Waals surface area contributed by atoms with Gasteiger partial charge in [-0.25, -0.2) is 14.0 Å². The molecular weight excluding hydrogens is 527 g/mol. The molecule has 0 aliphatic carbocycles. The molecule has 3 aromatic rings. The first-order valence-electron chi connectivity index (χ1n) is 13.2. The average Bonchev–Trinajstić information content (AvgIpc) is 2.88. The second-order valence-electron chi connectivity index (χ2n) is 10.7. The number of carbonyl (C=O) groups excluding carboxylic acids is 3. The number of carbonyl (C=O) groups is 3. The topological polar surface area (TPSA) is 125 Å². The summed E-state index contributed by atoms with van der Waals surface area (Å²) < 4.78 is 18.8. The molecule has 1 atom stereocenters. The Morgan fingerprint density at radius 1 is 0.951 bits per heavy atom. The predicted molar refractivity (Wildman–Crippen MR) is 158 cm³/mol. The minimum Gasteiger partial charge on any atom is -0.444 e. The molecule has 1 unspecified atom stereocenters. The second-order valence-corrected chi connectivity index (χ2v) is 10.7. The Morgan fingerprint density at radius 2 is 1.66 bits per heavy atom. The van der Waals surface area contributed by atoms with Crippen molar-refractivity contribution in [2.24, 2.45) is 0 Å². The van der Waals surface area contributed by atoms with Gasteiger partial charge in [-0.05, 0) is 96.2 Å². The molecule has 0 saturated heterocycles. The first-order valence-corrected chi connectivity index (χ1v) is 13.2. The summed E-state index contributed by atoms with van der Waals surface area (Å²) >= 11 is 0. The van der Waals surface area contributed by atoms with Crippen LogP contribution in [0.4, 0.5) is 31.0 Å². The van der Waals surface area contributed by atoms with E-state index in [2.05, 4.69) is 26.3 Å². The number of nitrogens with zero attached hydrogens (tertiary/aromatic N) is 2. The summed E-state index contributed by atoms with van der Waals surface area (Å²) in [5.41, 5.74) is 1.28. The molecule has 0 bridgehead atoms. The highest BCUT2D eigenvalue weighted by Gasteiger charge is 2.19. The summed E-state index contributed by atoms with van der Waals surface area (Å²) in [6.45, 7) is 6.09. The molecule has 0 aliphatic rings. The number of anilines is 3.